The second-order valence-electron chi connectivity index (χ2n) is 8.36. The Balaban J connectivity index is 1.32. The molecule has 0 aliphatic heterocycles. The zero-order valence-electron chi connectivity index (χ0n) is 19.0. The Morgan fingerprint density at radius 2 is 1.79 bits per heavy atom. The lowest BCUT2D eigenvalue weighted by atomic mass is 9.77. The quantitative estimate of drug-likeness (QED) is 0.394. The van der Waals surface area contributed by atoms with Crippen molar-refractivity contribution < 1.29 is 23.8 Å². The number of ether oxygens (including phenoxy) is 1. The number of carbonyl (C=O) groups excluding carboxylic acids is 1. The molecule has 1 fully saturated rings. The van der Waals surface area contributed by atoms with Crippen molar-refractivity contribution in [3.63, 3.8) is 0 Å². The SMILES string of the molecule is CCOc1ccccc1Nc1nnc(C(=O)Nc2ccc([C@H]3CC[C@H](CC(=O)O)CC3)cc2)o1. The van der Waals surface area contributed by atoms with Gasteiger partial charge in [0.25, 0.3) is 0 Å². The van der Waals surface area contributed by atoms with Crippen LogP contribution in [0.1, 0.15) is 61.2 Å². The van der Waals surface area contributed by atoms with E-state index < -0.39 is 11.9 Å². The van der Waals surface area contributed by atoms with E-state index in [4.69, 9.17) is 14.3 Å². The van der Waals surface area contributed by atoms with Crippen molar-refractivity contribution >= 4 is 29.3 Å². The Morgan fingerprint density at radius 1 is 1.06 bits per heavy atom. The number of benzene rings is 2. The van der Waals surface area contributed by atoms with Gasteiger partial charge >= 0.3 is 23.8 Å². The van der Waals surface area contributed by atoms with E-state index in [1.54, 1.807) is 0 Å². The summed E-state index contributed by atoms with van der Waals surface area (Å²) in [5, 5.41) is 22.4. The summed E-state index contributed by atoms with van der Waals surface area (Å²) in [6.45, 7) is 2.41. The van der Waals surface area contributed by atoms with Gasteiger partial charge < -0.3 is 24.9 Å². The number of aliphatic carboxylic acids is 1. The van der Waals surface area contributed by atoms with Crippen LogP contribution in [0.2, 0.25) is 0 Å². The van der Waals surface area contributed by atoms with E-state index >= 15 is 0 Å². The summed E-state index contributed by atoms with van der Waals surface area (Å²) in [6, 6.07) is 15.1. The first-order chi connectivity index (χ1) is 16.5. The first-order valence-corrected chi connectivity index (χ1v) is 11.5. The molecule has 0 atom stereocenters. The number of aromatic nitrogens is 2. The molecule has 1 aliphatic rings. The molecule has 9 heteroatoms. The lowest BCUT2D eigenvalue weighted by Crippen LogP contribution is -2.16. The van der Waals surface area contributed by atoms with Gasteiger partial charge in [0.1, 0.15) is 5.75 Å². The van der Waals surface area contributed by atoms with Gasteiger partial charge in [0.2, 0.25) is 0 Å². The number of carbonyl (C=O) groups is 2. The first kappa shape index (κ1) is 23.3. The molecule has 0 unspecified atom stereocenters. The largest absolute Gasteiger partial charge is 0.492 e. The van der Waals surface area contributed by atoms with Crippen molar-refractivity contribution in [3.05, 3.63) is 60.0 Å². The summed E-state index contributed by atoms with van der Waals surface area (Å²) in [4.78, 5) is 23.5. The maximum atomic E-state index is 12.6. The molecule has 0 bridgehead atoms. The van der Waals surface area contributed by atoms with Crippen LogP contribution in [0.25, 0.3) is 0 Å². The molecule has 178 valence electrons. The third-order valence-corrected chi connectivity index (χ3v) is 6.00. The number of carboxylic acids is 1. The van der Waals surface area contributed by atoms with Gasteiger partial charge in [0.15, 0.2) is 0 Å². The number of hydrogen-bond acceptors (Lipinski definition) is 7. The average molecular weight is 465 g/mol. The van der Waals surface area contributed by atoms with Gasteiger partial charge in [-0.15, -0.1) is 5.10 Å². The molecule has 1 aliphatic carbocycles. The summed E-state index contributed by atoms with van der Waals surface area (Å²) in [7, 11) is 0. The van der Waals surface area contributed by atoms with Gasteiger partial charge in [-0.05, 0) is 74.3 Å². The Kier molecular flexibility index (Phi) is 7.41. The van der Waals surface area contributed by atoms with Gasteiger partial charge in [0, 0.05) is 12.1 Å². The Morgan fingerprint density at radius 3 is 2.50 bits per heavy atom. The lowest BCUT2D eigenvalue weighted by molar-refractivity contribution is -0.138. The van der Waals surface area contributed by atoms with Crippen molar-refractivity contribution in [2.45, 2.75) is 44.9 Å². The van der Waals surface area contributed by atoms with E-state index in [2.05, 4.69) is 20.8 Å². The molecule has 2 aromatic carbocycles. The van der Waals surface area contributed by atoms with Crippen LogP contribution in [0.4, 0.5) is 17.4 Å². The number of nitrogens with one attached hydrogen (secondary N) is 2. The number of hydrogen-bond donors (Lipinski definition) is 3. The van der Waals surface area contributed by atoms with Crippen LogP contribution < -0.4 is 15.4 Å². The topological polar surface area (TPSA) is 127 Å². The second-order valence-corrected chi connectivity index (χ2v) is 8.36. The maximum Gasteiger partial charge on any atom is 0.320 e. The molecular formula is C25H28N4O5. The number of anilines is 3. The molecule has 0 radical (unpaired) electrons. The number of rotatable bonds is 9. The minimum absolute atomic E-state index is 0.0890. The fraction of sp³-hybridized carbons (Fsp3) is 0.360. The molecule has 1 aromatic heterocycles. The third kappa shape index (κ3) is 5.92. The fourth-order valence-electron chi connectivity index (χ4n) is 4.30. The van der Waals surface area contributed by atoms with Crippen molar-refractivity contribution in [2.75, 3.05) is 17.2 Å². The standard InChI is InChI=1S/C25H28N4O5/c1-2-33-21-6-4-3-5-20(21)27-25-29-28-24(34-25)23(32)26-19-13-11-18(12-14-19)17-9-7-16(8-10-17)15-22(30)31/h3-6,11-14,16-17H,2,7-10,15H2,1H3,(H,26,32)(H,27,29)(H,30,31)/t16-,17-. The molecule has 0 saturated heterocycles. The minimum Gasteiger partial charge on any atom is -0.492 e. The van der Waals surface area contributed by atoms with Crippen LogP contribution in [-0.2, 0) is 4.79 Å². The maximum absolute atomic E-state index is 12.6. The van der Waals surface area contributed by atoms with Crippen LogP contribution in [0.3, 0.4) is 0 Å². The van der Waals surface area contributed by atoms with Crippen molar-refractivity contribution in [3.8, 4) is 5.75 Å². The number of para-hydroxylation sites is 2. The highest BCUT2D eigenvalue weighted by Gasteiger charge is 2.24. The normalized spacial score (nSPS) is 17.7. The van der Waals surface area contributed by atoms with Gasteiger partial charge in [-0.2, -0.15) is 0 Å². The van der Waals surface area contributed by atoms with Crippen LogP contribution in [0.15, 0.2) is 52.9 Å². The molecule has 0 spiro atoms. The Hall–Kier alpha value is -3.88. The Bertz CT molecular complexity index is 1120. The van der Waals surface area contributed by atoms with E-state index in [0.29, 0.717) is 29.6 Å². The van der Waals surface area contributed by atoms with Gasteiger partial charge in [-0.3, -0.25) is 9.59 Å². The van der Waals surface area contributed by atoms with E-state index in [1.807, 2.05) is 55.5 Å². The average Bonchev–Trinajstić information content (AvgIpc) is 3.30. The molecule has 1 amide bonds. The van der Waals surface area contributed by atoms with E-state index in [9.17, 15) is 9.59 Å². The molecule has 34 heavy (non-hydrogen) atoms. The third-order valence-electron chi connectivity index (χ3n) is 6.00. The molecule has 4 rings (SSSR count). The van der Waals surface area contributed by atoms with Crippen LogP contribution in [0.5, 0.6) is 5.75 Å². The van der Waals surface area contributed by atoms with Gasteiger partial charge in [0.05, 0.1) is 12.3 Å². The molecular weight excluding hydrogens is 436 g/mol. The molecule has 9 nitrogen and oxygen atoms in total. The summed E-state index contributed by atoms with van der Waals surface area (Å²) in [5.74, 6) is -0.0434. The predicted molar refractivity (Wildman–Crippen MR) is 127 cm³/mol. The highest BCUT2D eigenvalue weighted by molar-refractivity contribution is 6.00. The van der Waals surface area contributed by atoms with Gasteiger partial charge in [-0.25, -0.2) is 0 Å². The lowest BCUT2D eigenvalue weighted by Gasteiger charge is -2.28. The van der Waals surface area contributed by atoms with E-state index in [-0.39, 0.29) is 24.2 Å². The van der Waals surface area contributed by atoms with Gasteiger partial charge in [-0.1, -0.05) is 29.4 Å². The van der Waals surface area contributed by atoms with Crippen LogP contribution in [-0.4, -0.2) is 33.8 Å². The summed E-state index contributed by atoms with van der Waals surface area (Å²) in [5.41, 5.74) is 2.49. The smallest absolute Gasteiger partial charge is 0.320 e. The molecule has 1 heterocycles. The zero-order chi connectivity index (χ0) is 23.9. The number of carboxylic acid groups (broad SMARTS) is 1. The van der Waals surface area contributed by atoms with Crippen molar-refractivity contribution in [1.29, 1.82) is 0 Å². The van der Waals surface area contributed by atoms with Crippen molar-refractivity contribution in [2.24, 2.45) is 5.92 Å². The second kappa shape index (κ2) is 10.8. The number of amides is 1. The van der Waals surface area contributed by atoms with E-state index in [1.165, 1.54) is 5.56 Å². The van der Waals surface area contributed by atoms with Crippen LogP contribution in [0, 0.1) is 5.92 Å². The summed E-state index contributed by atoms with van der Waals surface area (Å²) in [6.07, 6.45) is 4.07. The highest BCUT2D eigenvalue weighted by Crippen LogP contribution is 2.37. The van der Waals surface area contributed by atoms with Crippen molar-refractivity contribution in [1.82, 2.24) is 10.2 Å². The number of nitrogens with zero attached hydrogens (tertiary/aromatic N) is 2. The monoisotopic (exact) mass is 464 g/mol. The zero-order valence-corrected chi connectivity index (χ0v) is 19.0. The molecule has 1 saturated carbocycles. The molecule has 3 N–H and O–H groups in total. The summed E-state index contributed by atoms with van der Waals surface area (Å²) < 4.78 is 11.0. The highest BCUT2D eigenvalue weighted by atomic mass is 16.5. The first-order valence-electron chi connectivity index (χ1n) is 11.5. The van der Waals surface area contributed by atoms with E-state index in [0.717, 1.165) is 25.7 Å². The summed E-state index contributed by atoms with van der Waals surface area (Å²) >= 11 is 0. The molecule has 3 aromatic rings. The fourth-order valence-corrected chi connectivity index (χ4v) is 4.30. The predicted octanol–water partition coefficient (Wildman–Crippen LogP) is 5.21. The minimum atomic E-state index is -0.719. The van der Waals surface area contributed by atoms with Crippen LogP contribution >= 0.6 is 0 Å². The Labute approximate surface area is 197 Å².